The SMILES string of the molecule is C=Cc1ccc(C)cc1.CCc1ccccc1.Cc1ccc(C)c(C)c1.Cc1ccc(C)cc1.Cc1ccc2cc(C)ccc2c1. The Balaban J connectivity index is 0.000000202. The molecule has 0 radical (unpaired) electrons. The molecule has 46 heavy (non-hydrogen) atoms. The second-order valence-electron chi connectivity index (χ2n) is 12.1. The van der Waals surface area contributed by atoms with Crippen LogP contribution < -0.4 is 0 Å². The zero-order valence-corrected chi connectivity index (χ0v) is 29.7. The van der Waals surface area contributed by atoms with Crippen LogP contribution in [0.2, 0.25) is 0 Å². The van der Waals surface area contributed by atoms with Gasteiger partial charge in [-0.3, -0.25) is 0 Å². The second-order valence-corrected chi connectivity index (χ2v) is 12.1. The third kappa shape index (κ3) is 14.9. The molecular weight excluding hydrogens is 553 g/mol. The van der Waals surface area contributed by atoms with Crippen LogP contribution in [0.25, 0.3) is 16.8 Å². The Morgan fingerprint density at radius 3 is 1.17 bits per heavy atom. The van der Waals surface area contributed by atoms with E-state index < -0.39 is 0 Å². The third-order valence-corrected chi connectivity index (χ3v) is 7.60. The van der Waals surface area contributed by atoms with E-state index in [1.54, 1.807) is 0 Å². The molecule has 0 bridgehead atoms. The summed E-state index contributed by atoms with van der Waals surface area (Å²) in [6, 6.07) is 46.8. The number of fused-ring (bicyclic) bond motifs is 1. The number of hydrogen-bond donors (Lipinski definition) is 0. The molecule has 238 valence electrons. The summed E-state index contributed by atoms with van der Waals surface area (Å²) in [5, 5.41) is 2.67. The fourth-order valence-electron chi connectivity index (χ4n) is 4.43. The predicted molar refractivity (Wildman–Crippen MR) is 207 cm³/mol. The van der Waals surface area contributed by atoms with E-state index in [0.29, 0.717) is 0 Å². The van der Waals surface area contributed by atoms with E-state index in [1.807, 2.05) is 12.1 Å². The number of aryl methyl sites for hydroxylation is 9. The summed E-state index contributed by atoms with van der Waals surface area (Å²) in [6.45, 7) is 22.7. The molecule has 0 unspecified atom stereocenters. The molecule has 0 atom stereocenters. The molecule has 0 saturated heterocycles. The maximum atomic E-state index is 3.66. The maximum Gasteiger partial charge on any atom is -0.0181 e. The molecule has 0 N–H and O–H groups in total. The summed E-state index contributed by atoms with van der Waals surface area (Å²) in [7, 11) is 0. The van der Waals surface area contributed by atoms with Crippen molar-refractivity contribution in [1.82, 2.24) is 0 Å². The average molecular weight is 607 g/mol. The quantitative estimate of drug-likeness (QED) is 0.184. The Bertz CT molecular complexity index is 1660. The molecule has 0 heterocycles. The van der Waals surface area contributed by atoms with Crippen molar-refractivity contribution in [2.24, 2.45) is 0 Å². The fraction of sp³-hybridized carbons (Fsp3) is 0.217. The fourth-order valence-corrected chi connectivity index (χ4v) is 4.43. The molecule has 0 aromatic heterocycles. The summed E-state index contributed by atoms with van der Waals surface area (Å²) in [6.07, 6.45) is 2.99. The van der Waals surface area contributed by atoms with Gasteiger partial charge in [0.1, 0.15) is 0 Å². The summed E-state index contributed by atoms with van der Waals surface area (Å²) in [5.74, 6) is 0. The first-order valence-electron chi connectivity index (χ1n) is 16.3. The van der Waals surface area contributed by atoms with Crippen molar-refractivity contribution in [3.05, 3.63) is 196 Å². The van der Waals surface area contributed by atoms with Crippen LogP contribution >= 0.6 is 0 Å². The lowest BCUT2D eigenvalue weighted by Gasteiger charge is -1.99. The van der Waals surface area contributed by atoms with E-state index in [1.165, 1.54) is 66.4 Å². The monoisotopic (exact) mass is 606 g/mol. The highest BCUT2D eigenvalue weighted by Crippen LogP contribution is 2.17. The summed E-state index contributed by atoms with van der Waals surface area (Å²) >= 11 is 0. The van der Waals surface area contributed by atoms with Gasteiger partial charge < -0.3 is 0 Å². The van der Waals surface area contributed by atoms with E-state index in [0.717, 1.165) is 6.42 Å². The van der Waals surface area contributed by atoms with Crippen molar-refractivity contribution >= 4 is 16.8 Å². The van der Waals surface area contributed by atoms with Crippen molar-refractivity contribution < 1.29 is 0 Å². The standard InChI is InChI=1S/C12H12.C9H12.C9H10.2C8H10/c1-9-3-5-12-8-10(2)4-6-11(12)7-9;1-7-4-5-8(2)9(3)6-7;1-3-9-6-4-8(2)5-7-9;1-7-3-5-8(2)6-4-7;1-2-8-6-4-3-5-7-8/h3-8H,1-2H3;4-6H,1-3H3;3-7H,1H2,2H3;3-6H,1-2H3;3-7H,2H2,1H3. The minimum absolute atomic E-state index is 1.14. The van der Waals surface area contributed by atoms with Gasteiger partial charge in [-0.05, 0) is 94.8 Å². The van der Waals surface area contributed by atoms with Crippen LogP contribution in [0.3, 0.4) is 0 Å². The third-order valence-electron chi connectivity index (χ3n) is 7.60. The van der Waals surface area contributed by atoms with Gasteiger partial charge in [-0.15, -0.1) is 0 Å². The lowest BCUT2D eigenvalue weighted by Crippen LogP contribution is -1.79. The Morgan fingerprint density at radius 2 is 0.804 bits per heavy atom. The zero-order chi connectivity index (χ0) is 33.9. The van der Waals surface area contributed by atoms with Crippen molar-refractivity contribution in [3.8, 4) is 0 Å². The first kappa shape index (κ1) is 37.5. The van der Waals surface area contributed by atoms with Crippen molar-refractivity contribution in [1.29, 1.82) is 0 Å². The predicted octanol–water partition coefficient (Wildman–Crippen LogP) is 13.3. The molecule has 0 heteroatoms. The Labute approximate surface area is 280 Å². The van der Waals surface area contributed by atoms with Crippen molar-refractivity contribution in [2.75, 3.05) is 0 Å². The van der Waals surface area contributed by atoms with Gasteiger partial charge in [0.25, 0.3) is 0 Å². The molecule has 0 fully saturated rings. The van der Waals surface area contributed by atoms with Gasteiger partial charge in [0.2, 0.25) is 0 Å². The Morgan fingerprint density at radius 1 is 0.413 bits per heavy atom. The first-order valence-corrected chi connectivity index (χ1v) is 16.3. The van der Waals surface area contributed by atoms with Crippen LogP contribution in [0.5, 0.6) is 0 Å². The lowest BCUT2D eigenvalue weighted by molar-refractivity contribution is 1.14. The van der Waals surface area contributed by atoms with Crippen molar-refractivity contribution in [3.63, 3.8) is 0 Å². The molecule has 0 aliphatic heterocycles. The number of rotatable bonds is 2. The maximum absolute atomic E-state index is 3.66. The molecule has 0 nitrogen and oxygen atoms in total. The van der Waals surface area contributed by atoms with Gasteiger partial charge in [-0.2, -0.15) is 0 Å². The van der Waals surface area contributed by atoms with E-state index in [2.05, 4.69) is 196 Å². The number of benzene rings is 6. The molecule has 6 aromatic carbocycles. The van der Waals surface area contributed by atoms with Crippen LogP contribution in [0.15, 0.2) is 140 Å². The van der Waals surface area contributed by atoms with Crippen LogP contribution in [-0.4, -0.2) is 0 Å². The van der Waals surface area contributed by atoms with Gasteiger partial charge in [0, 0.05) is 0 Å². The Hall–Kier alpha value is -4.68. The van der Waals surface area contributed by atoms with E-state index >= 15 is 0 Å². The Kier molecular flexibility index (Phi) is 16.6. The molecule has 0 spiro atoms. The lowest BCUT2D eigenvalue weighted by atomic mass is 10.1. The van der Waals surface area contributed by atoms with Gasteiger partial charge >= 0.3 is 0 Å². The van der Waals surface area contributed by atoms with Crippen LogP contribution in [0.1, 0.15) is 62.6 Å². The van der Waals surface area contributed by atoms with Gasteiger partial charge in [-0.25, -0.2) is 0 Å². The normalized spacial score (nSPS) is 9.59. The van der Waals surface area contributed by atoms with Crippen LogP contribution in [-0.2, 0) is 6.42 Å². The van der Waals surface area contributed by atoms with Crippen LogP contribution in [0.4, 0.5) is 0 Å². The van der Waals surface area contributed by atoms with Gasteiger partial charge in [0.05, 0.1) is 0 Å². The van der Waals surface area contributed by atoms with Crippen molar-refractivity contribution in [2.45, 2.75) is 68.7 Å². The molecule has 0 aliphatic carbocycles. The summed E-state index contributed by atoms with van der Waals surface area (Å²) in [4.78, 5) is 0. The van der Waals surface area contributed by atoms with E-state index in [4.69, 9.17) is 0 Å². The van der Waals surface area contributed by atoms with Gasteiger partial charge in [-0.1, -0.05) is 186 Å². The molecule has 0 aliphatic rings. The first-order chi connectivity index (χ1) is 22.0. The van der Waals surface area contributed by atoms with Crippen LogP contribution in [0, 0.1) is 55.4 Å². The average Bonchev–Trinajstić information content (AvgIpc) is 3.06. The molecule has 6 rings (SSSR count). The molecule has 6 aromatic rings. The highest BCUT2D eigenvalue weighted by Gasteiger charge is 1.93. The molecule has 0 saturated carbocycles. The highest BCUT2D eigenvalue weighted by molar-refractivity contribution is 5.83. The van der Waals surface area contributed by atoms with E-state index in [-0.39, 0.29) is 0 Å². The molecule has 0 amide bonds. The smallest absolute Gasteiger partial charge is 0.0181 e. The summed E-state index contributed by atoms with van der Waals surface area (Å²) < 4.78 is 0. The number of hydrogen-bond acceptors (Lipinski definition) is 0. The zero-order valence-electron chi connectivity index (χ0n) is 29.7. The minimum Gasteiger partial charge on any atom is -0.0985 e. The molecular formula is C46H54. The second kappa shape index (κ2) is 20.4. The minimum atomic E-state index is 1.14. The van der Waals surface area contributed by atoms with E-state index in [9.17, 15) is 0 Å². The summed E-state index contributed by atoms with van der Waals surface area (Å²) in [5.41, 5.74) is 13.3. The largest absolute Gasteiger partial charge is 0.0985 e. The highest BCUT2D eigenvalue weighted by atomic mass is 14.0. The van der Waals surface area contributed by atoms with Gasteiger partial charge in [0.15, 0.2) is 0 Å². The topological polar surface area (TPSA) is 0 Å².